The molecule has 9 nitrogen and oxygen atoms in total. The van der Waals surface area contributed by atoms with Crippen molar-refractivity contribution in [3.05, 3.63) is 41.7 Å². The molecule has 1 unspecified atom stereocenters. The van der Waals surface area contributed by atoms with Crippen molar-refractivity contribution in [2.75, 3.05) is 7.11 Å². The second kappa shape index (κ2) is 9.30. The Hall–Kier alpha value is -2.05. The van der Waals surface area contributed by atoms with Gasteiger partial charge in [-0.15, -0.1) is 0 Å². The number of nitrogens with one attached hydrogen (secondary N) is 1. The number of rotatable bonds is 7. The van der Waals surface area contributed by atoms with Gasteiger partial charge in [0, 0.05) is 0 Å². The number of ether oxygens (including phenoxy) is 2. The average molecular weight is 523 g/mol. The molecule has 24 heavy (non-hydrogen) atoms. The molecular formula is C14H16N5O4Tl. The summed E-state index contributed by atoms with van der Waals surface area (Å²) in [5, 5.41) is 13.7. The standard InChI is InChI=1S/C14H17N5O4.Tl/c1-22-13(20)11(7-8-12-16-18-19-17-12)15-14(21)23-9-10-5-3-2-4-6-10;/h2-6,11H,7-9H2,1H3,(H2,15,16,17,18,19,21);/q;+1/p-1. The number of aromatic nitrogens is 4. The molecule has 0 spiro atoms. The molecular weight excluding hydrogens is 507 g/mol. The third kappa shape index (κ3) is 5.54. The molecule has 0 radical (unpaired) electrons. The van der Waals surface area contributed by atoms with Crippen LogP contribution in [0.2, 0.25) is 0 Å². The molecule has 1 aromatic heterocycles. The van der Waals surface area contributed by atoms with Crippen molar-refractivity contribution >= 4 is 38.1 Å². The molecule has 1 amide bonds. The minimum atomic E-state index is -0.819. The van der Waals surface area contributed by atoms with Crippen LogP contribution in [0.25, 0.3) is 0 Å². The minimum absolute atomic E-state index is 0.125. The fourth-order valence-corrected chi connectivity index (χ4v) is 2.83. The molecule has 0 bridgehead atoms. The van der Waals surface area contributed by atoms with Gasteiger partial charge < -0.3 is 0 Å². The third-order valence-corrected chi connectivity index (χ3v) is 4.77. The number of methoxy groups -OCH3 is 1. The van der Waals surface area contributed by atoms with Gasteiger partial charge in [-0.05, 0) is 0 Å². The molecule has 124 valence electrons. The fourth-order valence-electron chi connectivity index (χ4n) is 1.95. The third-order valence-electron chi connectivity index (χ3n) is 3.21. The van der Waals surface area contributed by atoms with Gasteiger partial charge in [-0.1, -0.05) is 6.07 Å². The molecule has 0 saturated heterocycles. The van der Waals surface area contributed by atoms with Gasteiger partial charge >= 0.3 is 149 Å². The van der Waals surface area contributed by atoms with Gasteiger partial charge in [0.05, 0.1) is 0 Å². The van der Waals surface area contributed by atoms with E-state index in [1.54, 1.807) is 2.49 Å². The number of hydrogen-bond donors (Lipinski definition) is 1. The first-order valence-electron chi connectivity index (χ1n) is 7.17. The predicted molar refractivity (Wildman–Crippen MR) is 82.9 cm³/mol. The van der Waals surface area contributed by atoms with Crippen LogP contribution in [-0.2, 0) is 27.3 Å². The summed E-state index contributed by atoms with van der Waals surface area (Å²) >= 11 is 0.431. The van der Waals surface area contributed by atoms with Crippen LogP contribution in [-0.4, -0.2) is 69.3 Å². The number of carbonyl (C=O) groups is 2. The molecule has 1 atom stereocenters. The summed E-state index contributed by atoms with van der Waals surface area (Å²) in [7, 11) is 1.27. The van der Waals surface area contributed by atoms with E-state index in [2.05, 4.69) is 20.8 Å². The van der Waals surface area contributed by atoms with E-state index in [-0.39, 0.29) is 6.61 Å². The molecule has 2 aromatic rings. The summed E-state index contributed by atoms with van der Waals surface area (Å²) in [5.41, 5.74) is 0.860. The summed E-state index contributed by atoms with van der Waals surface area (Å²) in [6, 6.07) is 8.45. The summed E-state index contributed by atoms with van der Waals surface area (Å²) in [6.07, 6.45) is 0.0872. The Labute approximate surface area is 154 Å². The summed E-state index contributed by atoms with van der Waals surface area (Å²) in [4.78, 5) is 23.7. The van der Waals surface area contributed by atoms with Gasteiger partial charge in [0.1, 0.15) is 0 Å². The zero-order valence-corrected chi connectivity index (χ0v) is 17.6. The zero-order chi connectivity index (χ0) is 17.4. The van der Waals surface area contributed by atoms with Crippen LogP contribution in [0.1, 0.15) is 17.8 Å². The Morgan fingerprint density at radius 1 is 1.33 bits per heavy atom. The van der Waals surface area contributed by atoms with Crippen molar-refractivity contribution in [1.29, 1.82) is 0 Å². The van der Waals surface area contributed by atoms with E-state index in [1.165, 1.54) is 7.11 Å². The first-order valence-corrected chi connectivity index (χ1v) is 9.18. The molecule has 0 aliphatic carbocycles. The fraction of sp³-hybridized carbons (Fsp3) is 0.357. The SMILES string of the molecule is COC(=O)C(CCc1nnn[n]1[Tl])NC(=O)OCc1ccccc1. The maximum atomic E-state index is 11.9. The number of carbonyl (C=O) groups excluding carboxylic acids is 2. The molecule has 1 heterocycles. The van der Waals surface area contributed by atoms with E-state index in [0.29, 0.717) is 44.7 Å². The topological polar surface area (TPSA) is 108 Å². The van der Waals surface area contributed by atoms with Crippen LogP contribution >= 0.6 is 0 Å². The zero-order valence-electron chi connectivity index (χ0n) is 13.1. The first-order chi connectivity index (χ1) is 11.6. The number of amides is 1. The number of aryl methyl sites for hydroxylation is 1. The number of nitrogens with zero attached hydrogens (tertiary/aromatic N) is 4. The van der Waals surface area contributed by atoms with Crippen LogP contribution in [0.3, 0.4) is 0 Å². The van der Waals surface area contributed by atoms with Crippen LogP contribution in [0, 0.1) is 0 Å². The van der Waals surface area contributed by atoms with E-state index >= 15 is 0 Å². The molecule has 0 aliphatic heterocycles. The van der Waals surface area contributed by atoms with E-state index in [4.69, 9.17) is 9.47 Å². The normalized spacial score (nSPS) is 11.5. The Balaban J connectivity index is 1.87. The quantitative estimate of drug-likeness (QED) is 0.403. The van der Waals surface area contributed by atoms with Gasteiger partial charge in [-0.2, -0.15) is 0 Å². The molecule has 0 fully saturated rings. The summed E-state index contributed by atoms with van der Waals surface area (Å²) in [6.45, 7) is 0.125. The van der Waals surface area contributed by atoms with Crippen LogP contribution in [0.5, 0.6) is 0 Å². The molecule has 0 saturated carbocycles. The van der Waals surface area contributed by atoms with Gasteiger partial charge in [0.15, 0.2) is 0 Å². The Kier molecular flexibility index (Phi) is 7.09. The van der Waals surface area contributed by atoms with Crippen molar-refractivity contribution in [3.63, 3.8) is 0 Å². The second-order valence-electron chi connectivity index (χ2n) is 4.86. The number of hydrogen-bond acceptors (Lipinski definition) is 7. The van der Waals surface area contributed by atoms with Crippen molar-refractivity contribution in [3.8, 4) is 0 Å². The monoisotopic (exact) mass is 523 g/mol. The summed E-state index contributed by atoms with van der Waals surface area (Å²) < 4.78 is 11.5. The number of benzene rings is 1. The predicted octanol–water partition coefficient (Wildman–Crippen LogP) is 0.00530. The molecule has 2 rings (SSSR count). The van der Waals surface area contributed by atoms with Crippen LogP contribution < -0.4 is 5.32 Å². The number of tetrazole rings is 1. The van der Waals surface area contributed by atoms with E-state index < -0.39 is 18.1 Å². The van der Waals surface area contributed by atoms with Gasteiger partial charge in [0.2, 0.25) is 0 Å². The maximum absolute atomic E-state index is 11.9. The van der Waals surface area contributed by atoms with Crippen LogP contribution in [0.15, 0.2) is 30.3 Å². The first kappa shape index (κ1) is 18.3. The van der Waals surface area contributed by atoms with E-state index in [9.17, 15) is 9.59 Å². The molecule has 10 heteroatoms. The average Bonchev–Trinajstić information content (AvgIpc) is 3.02. The van der Waals surface area contributed by atoms with Crippen molar-refractivity contribution in [2.24, 2.45) is 0 Å². The molecule has 1 N–H and O–H groups in total. The Bertz CT molecular complexity index is 679. The Morgan fingerprint density at radius 2 is 2.08 bits per heavy atom. The second-order valence-corrected chi connectivity index (χ2v) is 6.76. The van der Waals surface area contributed by atoms with Gasteiger partial charge in [0.25, 0.3) is 0 Å². The number of alkyl carbamates (subject to hydrolysis) is 1. The van der Waals surface area contributed by atoms with E-state index in [1.807, 2.05) is 30.3 Å². The summed E-state index contributed by atoms with van der Waals surface area (Å²) in [5.74, 6) is 0.134. The van der Waals surface area contributed by atoms with Crippen molar-refractivity contribution in [2.45, 2.75) is 25.5 Å². The van der Waals surface area contributed by atoms with Gasteiger partial charge in [-0.3, -0.25) is 0 Å². The van der Waals surface area contributed by atoms with E-state index in [0.717, 1.165) is 5.56 Å². The Morgan fingerprint density at radius 3 is 2.71 bits per heavy atom. The van der Waals surface area contributed by atoms with Crippen LogP contribution in [0.4, 0.5) is 4.79 Å². The van der Waals surface area contributed by atoms with Crippen molar-refractivity contribution in [1.82, 2.24) is 23.3 Å². The van der Waals surface area contributed by atoms with Crippen molar-refractivity contribution < 1.29 is 19.1 Å². The van der Waals surface area contributed by atoms with Gasteiger partial charge in [-0.25, -0.2) is 0 Å². The molecule has 1 aromatic carbocycles. The number of esters is 1. The molecule has 0 aliphatic rings.